The molecule has 1 atom stereocenters. The Balaban J connectivity index is 2.26. The SMILES string of the molecule is Cc1ccc(C)c(CC2(C(C)C)CCCN2)c1. The zero-order chi connectivity index (χ0) is 12.5. The van der Waals surface area contributed by atoms with Gasteiger partial charge in [0.1, 0.15) is 0 Å². The van der Waals surface area contributed by atoms with Gasteiger partial charge in [-0.1, -0.05) is 37.6 Å². The zero-order valence-corrected chi connectivity index (χ0v) is 11.6. The summed E-state index contributed by atoms with van der Waals surface area (Å²) in [5, 5.41) is 3.76. The van der Waals surface area contributed by atoms with E-state index in [-0.39, 0.29) is 0 Å². The molecule has 0 radical (unpaired) electrons. The highest BCUT2D eigenvalue weighted by Gasteiger charge is 2.36. The summed E-state index contributed by atoms with van der Waals surface area (Å²) in [5.74, 6) is 0.699. The van der Waals surface area contributed by atoms with E-state index in [0.29, 0.717) is 11.5 Å². The van der Waals surface area contributed by atoms with Gasteiger partial charge in [-0.3, -0.25) is 0 Å². The number of nitrogens with one attached hydrogen (secondary N) is 1. The van der Waals surface area contributed by atoms with Crippen LogP contribution in [0.4, 0.5) is 0 Å². The second kappa shape index (κ2) is 4.81. The lowest BCUT2D eigenvalue weighted by atomic mass is 9.79. The molecule has 1 aliphatic rings. The first-order valence-corrected chi connectivity index (χ1v) is 6.85. The van der Waals surface area contributed by atoms with Crippen molar-refractivity contribution in [1.29, 1.82) is 0 Å². The number of aryl methyl sites for hydroxylation is 2. The van der Waals surface area contributed by atoms with Crippen LogP contribution >= 0.6 is 0 Å². The normalized spacial score (nSPS) is 24.5. The van der Waals surface area contributed by atoms with Crippen LogP contribution in [0.25, 0.3) is 0 Å². The van der Waals surface area contributed by atoms with Crippen molar-refractivity contribution < 1.29 is 0 Å². The van der Waals surface area contributed by atoms with Gasteiger partial charge in [-0.2, -0.15) is 0 Å². The van der Waals surface area contributed by atoms with E-state index in [0.717, 1.165) is 0 Å². The fourth-order valence-corrected chi connectivity index (χ4v) is 3.01. The van der Waals surface area contributed by atoms with Gasteiger partial charge in [0.05, 0.1) is 0 Å². The van der Waals surface area contributed by atoms with Crippen LogP contribution in [0, 0.1) is 19.8 Å². The Morgan fingerprint density at radius 1 is 1.29 bits per heavy atom. The molecule has 1 heterocycles. The molecule has 0 aromatic heterocycles. The molecule has 0 spiro atoms. The molecule has 1 saturated heterocycles. The minimum atomic E-state index is 0.332. The minimum absolute atomic E-state index is 0.332. The fourth-order valence-electron chi connectivity index (χ4n) is 3.01. The summed E-state index contributed by atoms with van der Waals surface area (Å²) in [5.41, 5.74) is 4.67. The Labute approximate surface area is 106 Å². The van der Waals surface area contributed by atoms with Crippen LogP contribution in [0.15, 0.2) is 18.2 Å². The molecular formula is C16H25N. The van der Waals surface area contributed by atoms with Crippen LogP contribution in [-0.2, 0) is 6.42 Å². The van der Waals surface area contributed by atoms with Crippen LogP contribution in [-0.4, -0.2) is 12.1 Å². The predicted octanol–water partition coefficient (Wildman–Crippen LogP) is 3.62. The van der Waals surface area contributed by atoms with E-state index in [1.807, 2.05) is 0 Å². The molecule has 17 heavy (non-hydrogen) atoms. The van der Waals surface area contributed by atoms with E-state index >= 15 is 0 Å². The van der Waals surface area contributed by atoms with Crippen molar-refractivity contribution in [2.45, 2.75) is 52.5 Å². The summed E-state index contributed by atoms with van der Waals surface area (Å²) in [7, 11) is 0. The standard InChI is InChI=1S/C16H25N/c1-12(2)16(8-5-9-17-16)11-15-10-13(3)6-7-14(15)4/h6-7,10,12,17H,5,8-9,11H2,1-4H3. The van der Waals surface area contributed by atoms with Crippen molar-refractivity contribution in [2.75, 3.05) is 6.54 Å². The average molecular weight is 231 g/mol. The van der Waals surface area contributed by atoms with Crippen LogP contribution < -0.4 is 5.32 Å². The van der Waals surface area contributed by atoms with Crippen molar-refractivity contribution >= 4 is 0 Å². The minimum Gasteiger partial charge on any atom is -0.311 e. The Morgan fingerprint density at radius 2 is 2.06 bits per heavy atom. The molecule has 2 rings (SSSR count). The molecule has 1 aliphatic heterocycles. The third-order valence-electron chi connectivity index (χ3n) is 4.39. The lowest BCUT2D eigenvalue weighted by Crippen LogP contribution is -2.46. The van der Waals surface area contributed by atoms with Crippen molar-refractivity contribution in [3.05, 3.63) is 34.9 Å². The van der Waals surface area contributed by atoms with E-state index < -0.39 is 0 Å². The predicted molar refractivity (Wildman–Crippen MR) is 74.4 cm³/mol. The summed E-state index contributed by atoms with van der Waals surface area (Å²) in [6, 6.07) is 6.83. The molecule has 1 heteroatoms. The van der Waals surface area contributed by atoms with Crippen molar-refractivity contribution in [1.82, 2.24) is 5.32 Å². The average Bonchev–Trinajstić information content (AvgIpc) is 2.73. The highest BCUT2D eigenvalue weighted by molar-refractivity contribution is 5.32. The maximum absolute atomic E-state index is 3.76. The van der Waals surface area contributed by atoms with Crippen LogP contribution in [0.3, 0.4) is 0 Å². The molecule has 1 N–H and O–H groups in total. The van der Waals surface area contributed by atoms with Gasteiger partial charge >= 0.3 is 0 Å². The van der Waals surface area contributed by atoms with E-state index in [1.54, 1.807) is 0 Å². The molecule has 94 valence electrons. The van der Waals surface area contributed by atoms with Gasteiger partial charge in [-0.15, -0.1) is 0 Å². The van der Waals surface area contributed by atoms with Crippen LogP contribution in [0.2, 0.25) is 0 Å². The van der Waals surface area contributed by atoms with Gasteiger partial charge in [0.2, 0.25) is 0 Å². The molecular weight excluding hydrogens is 206 g/mol. The van der Waals surface area contributed by atoms with Crippen molar-refractivity contribution in [2.24, 2.45) is 5.92 Å². The molecule has 0 saturated carbocycles. The highest BCUT2D eigenvalue weighted by Crippen LogP contribution is 2.32. The Kier molecular flexibility index (Phi) is 3.58. The van der Waals surface area contributed by atoms with E-state index in [1.165, 1.54) is 42.5 Å². The van der Waals surface area contributed by atoms with Crippen LogP contribution in [0.5, 0.6) is 0 Å². The lowest BCUT2D eigenvalue weighted by molar-refractivity contribution is 0.269. The quantitative estimate of drug-likeness (QED) is 0.837. The summed E-state index contributed by atoms with van der Waals surface area (Å²) < 4.78 is 0. The topological polar surface area (TPSA) is 12.0 Å². The number of benzene rings is 1. The van der Waals surface area contributed by atoms with Gasteiger partial charge in [0.25, 0.3) is 0 Å². The summed E-state index contributed by atoms with van der Waals surface area (Å²) in [6.45, 7) is 10.3. The Hall–Kier alpha value is -0.820. The monoisotopic (exact) mass is 231 g/mol. The Morgan fingerprint density at radius 3 is 2.65 bits per heavy atom. The maximum atomic E-state index is 3.76. The molecule has 0 amide bonds. The van der Waals surface area contributed by atoms with Crippen molar-refractivity contribution in [3.8, 4) is 0 Å². The fraction of sp³-hybridized carbons (Fsp3) is 0.625. The maximum Gasteiger partial charge on any atom is 0.0245 e. The first-order chi connectivity index (χ1) is 8.03. The highest BCUT2D eigenvalue weighted by atomic mass is 15.0. The molecule has 0 aliphatic carbocycles. The number of hydrogen-bond donors (Lipinski definition) is 1. The second-order valence-corrected chi connectivity index (χ2v) is 5.95. The van der Waals surface area contributed by atoms with E-state index in [9.17, 15) is 0 Å². The number of rotatable bonds is 3. The Bertz CT molecular complexity index is 387. The first-order valence-electron chi connectivity index (χ1n) is 6.85. The van der Waals surface area contributed by atoms with E-state index in [4.69, 9.17) is 0 Å². The third-order valence-corrected chi connectivity index (χ3v) is 4.39. The number of hydrogen-bond acceptors (Lipinski definition) is 1. The summed E-state index contributed by atoms with van der Waals surface area (Å²) in [6.07, 6.45) is 3.82. The second-order valence-electron chi connectivity index (χ2n) is 5.95. The van der Waals surface area contributed by atoms with E-state index in [2.05, 4.69) is 51.2 Å². The smallest absolute Gasteiger partial charge is 0.0245 e. The summed E-state index contributed by atoms with van der Waals surface area (Å²) in [4.78, 5) is 0. The molecule has 1 fully saturated rings. The van der Waals surface area contributed by atoms with Crippen LogP contribution in [0.1, 0.15) is 43.4 Å². The largest absolute Gasteiger partial charge is 0.311 e. The van der Waals surface area contributed by atoms with Gasteiger partial charge in [0.15, 0.2) is 0 Å². The molecule has 1 aromatic rings. The van der Waals surface area contributed by atoms with Gasteiger partial charge in [0, 0.05) is 5.54 Å². The molecule has 1 nitrogen and oxygen atoms in total. The first kappa shape index (κ1) is 12.6. The van der Waals surface area contributed by atoms with Gasteiger partial charge < -0.3 is 5.32 Å². The lowest BCUT2D eigenvalue weighted by Gasteiger charge is -2.34. The van der Waals surface area contributed by atoms with Gasteiger partial charge in [-0.05, 0) is 56.7 Å². The third kappa shape index (κ3) is 2.55. The summed E-state index contributed by atoms with van der Waals surface area (Å²) >= 11 is 0. The molecule has 1 aromatic carbocycles. The van der Waals surface area contributed by atoms with Crippen molar-refractivity contribution in [3.63, 3.8) is 0 Å². The zero-order valence-electron chi connectivity index (χ0n) is 11.6. The molecule has 1 unspecified atom stereocenters. The van der Waals surface area contributed by atoms with Gasteiger partial charge in [-0.25, -0.2) is 0 Å². The molecule has 0 bridgehead atoms.